The lowest BCUT2D eigenvalue weighted by molar-refractivity contribution is -0.143. The van der Waals surface area contributed by atoms with Crippen LogP contribution in [0.25, 0.3) is 0 Å². The van der Waals surface area contributed by atoms with Gasteiger partial charge in [0, 0.05) is 0 Å². The summed E-state index contributed by atoms with van der Waals surface area (Å²) in [4.78, 5) is 11.7. The van der Waals surface area contributed by atoms with Crippen LogP contribution in [0.1, 0.15) is 11.8 Å². The van der Waals surface area contributed by atoms with E-state index in [1.54, 1.807) is 13.0 Å². The number of carboxylic acid groups (broad SMARTS) is 1. The fourth-order valence-electron chi connectivity index (χ4n) is 1.32. The first-order chi connectivity index (χ1) is 5.68. The molecular formula is C8H9ClO3S. The number of hydrogen-bond acceptors (Lipinski definition) is 3. The summed E-state index contributed by atoms with van der Waals surface area (Å²) < 4.78 is 5.12. The van der Waals surface area contributed by atoms with Crippen LogP contribution in [0.3, 0.4) is 0 Å². The second kappa shape index (κ2) is 3.29. The van der Waals surface area contributed by atoms with Crippen molar-refractivity contribution in [3.05, 3.63) is 22.4 Å². The van der Waals surface area contributed by atoms with Crippen LogP contribution >= 0.6 is 23.7 Å². The molecule has 72 valence electrons. The number of thiophene rings is 1. The Hall–Kier alpha value is -0.580. The molecule has 3 nitrogen and oxygen atoms in total. The van der Waals surface area contributed by atoms with Crippen molar-refractivity contribution in [1.82, 2.24) is 0 Å². The van der Waals surface area contributed by atoms with Gasteiger partial charge in [0.05, 0.1) is 4.88 Å². The smallest absolute Gasteiger partial charge is 0.344 e. The van der Waals surface area contributed by atoms with E-state index in [-0.39, 0.29) is 18.5 Å². The third-order valence-corrected chi connectivity index (χ3v) is 3.07. The second-order valence-corrected chi connectivity index (χ2v) is 3.73. The first-order valence-corrected chi connectivity index (χ1v) is 4.51. The highest BCUT2D eigenvalue weighted by atomic mass is 35.5. The molecule has 1 saturated heterocycles. The molecule has 1 N–H and O–H groups in total. The van der Waals surface area contributed by atoms with E-state index in [1.165, 1.54) is 11.3 Å². The van der Waals surface area contributed by atoms with Crippen LogP contribution in [0.2, 0.25) is 0 Å². The normalized spacial score (nSPS) is 30.7. The van der Waals surface area contributed by atoms with Crippen LogP contribution in [0.5, 0.6) is 0 Å². The van der Waals surface area contributed by atoms with Gasteiger partial charge in [-0.15, -0.1) is 23.7 Å². The monoisotopic (exact) mass is 220 g/mol. The van der Waals surface area contributed by atoms with E-state index in [2.05, 4.69) is 0 Å². The molecule has 0 saturated carbocycles. The highest BCUT2D eigenvalue weighted by molar-refractivity contribution is 7.10. The molecule has 0 aromatic carbocycles. The fourth-order valence-corrected chi connectivity index (χ4v) is 2.26. The minimum Gasteiger partial charge on any atom is -0.479 e. The second-order valence-electron chi connectivity index (χ2n) is 2.78. The predicted molar refractivity (Wildman–Crippen MR) is 51.4 cm³/mol. The molecule has 5 heteroatoms. The lowest BCUT2D eigenvalue weighted by Crippen LogP contribution is -2.22. The Bertz CT molecular complexity index is 311. The molecule has 1 aliphatic rings. The Kier molecular flexibility index (Phi) is 2.66. The van der Waals surface area contributed by atoms with Crippen molar-refractivity contribution in [3.8, 4) is 0 Å². The van der Waals surface area contributed by atoms with Gasteiger partial charge in [0.2, 0.25) is 5.60 Å². The molecule has 0 radical (unpaired) electrons. The Balaban J connectivity index is 0.000000845. The van der Waals surface area contributed by atoms with E-state index in [0.717, 1.165) is 4.88 Å². The van der Waals surface area contributed by atoms with Crippen LogP contribution in [-0.2, 0) is 15.1 Å². The number of rotatable bonds is 2. The summed E-state index contributed by atoms with van der Waals surface area (Å²) in [5, 5.41) is 10.8. The summed E-state index contributed by atoms with van der Waals surface area (Å²) in [6.45, 7) is 1.77. The molecule has 2 rings (SSSR count). The Morgan fingerprint density at radius 2 is 2.38 bits per heavy atom. The van der Waals surface area contributed by atoms with Crippen LogP contribution < -0.4 is 0 Å². The maximum atomic E-state index is 10.9. The highest BCUT2D eigenvalue weighted by Gasteiger charge is 2.62. The topological polar surface area (TPSA) is 49.8 Å². The van der Waals surface area contributed by atoms with Gasteiger partial charge in [-0.2, -0.15) is 0 Å². The molecule has 0 spiro atoms. The molecule has 1 aromatic heterocycles. The fraction of sp³-hybridized carbons (Fsp3) is 0.375. The van der Waals surface area contributed by atoms with E-state index in [4.69, 9.17) is 9.84 Å². The van der Waals surface area contributed by atoms with Gasteiger partial charge < -0.3 is 9.84 Å². The zero-order valence-corrected chi connectivity index (χ0v) is 8.52. The van der Waals surface area contributed by atoms with E-state index in [9.17, 15) is 4.79 Å². The van der Waals surface area contributed by atoms with Gasteiger partial charge in [-0.1, -0.05) is 6.07 Å². The van der Waals surface area contributed by atoms with Gasteiger partial charge in [0.1, 0.15) is 6.10 Å². The summed E-state index contributed by atoms with van der Waals surface area (Å²) >= 11 is 1.42. The third kappa shape index (κ3) is 1.35. The summed E-state index contributed by atoms with van der Waals surface area (Å²) in [5.74, 6) is -0.891. The van der Waals surface area contributed by atoms with Crippen LogP contribution in [0.15, 0.2) is 17.5 Å². The van der Waals surface area contributed by atoms with E-state index < -0.39 is 11.6 Å². The molecule has 1 fully saturated rings. The third-order valence-electron chi connectivity index (χ3n) is 2.08. The Morgan fingerprint density at radius 3 is 2.69 bits per heavy atom. The molecule has 2 heterocycles. The first-order valence-electron chi connectivity index (χ1n) is 3.63. The van der Waals surface area contributed by atoms with Crippen molar-refractivity contribution in [3.63, 3.8) is 0 Å². The van der Waals surface area contributed by atoms with Crippen molar-refractivity contribution >= 4 is 29.7 Å². The standard InChI is InChI=1S/C8H8O3S.ClH/c1-5-8(11-5,7(9)10)6-3-2-4-12-6;/h2-5H,1H3,(H,9,10);1H. The van der Waals surface area contributed by atoms with Crippen LogP contribution in [-0.4, -0.2) is 17.2 Å². The van der Waals surface area contributed by atoms with Crippen molar-refractivity contribution in [2.24, 2.45) is 0 Å². The Labute approximate surface area is 85.7 Å². The highest BCUT2D eigenvalue weighted by Crippen LogP contribution is 2.47. The number of carbonyl (C=O) groups is 1. The summed E-state index contributed by atoms with van der Waals surface area (Å²) in [6, 6.07) is 3.63. The minimum atomic E-state index is -1.03. The molecule has 2 atom stereocenters. The van der Waals surface area contributed by atoms with Crippen LogP contribution in [0, 0.1) is 0 Å². The van der Waals surface area contributed by atoms with Gasteiger partial charge in [-0.05, 0) is 18.4 Å². The molecule has 0 bridgehead atoms. The average molecular weight is 221 g/mol. The van der Waals surface area contributed by atoms with Crippen molar-refractivity contribution in [2.75, 3.05) is 0 Å². The van der Waals surface area contributed by atoms with Crippen molar-refractivity contribution in [2.45, 2.75) is 18.6 Å². The maximum Gasteiger partial charge on any atom is 0.344 e. The van der Waals surface area contributed by atoms with E-state index >= 15 is 0 Å². The SMILES string of the molecule is CC1OC1(C(=O)O)c1cccs1.Cl. The summed E-state index contributed by atoms with van der Waals surface area (Å²) in [7, 11) is 0. The molecule has 13 heavy (non-hydrogen) atoms. The maximum absolute atomic E-state index is 10.9. The number of halogens is 1. The van der Waals surface area contributed by atoms with Crippen molar-refractivity contribution in [1.29, 1.82) is 0 Å². The zero-order valence-electron chi connectivity index (χ0n) is 6.89. The number of epoxide rings is 1. The molecule has 1 aromatic rings. The lowest BCUT2D eigenvalue weighted by atomic mass is 10.1. The van der Waals surface area contributed by atoms with Crippen molar-refractivity contribution < 1.29 is 14.6 Å². The van der Waals surface area contributed by atoms with Gasteiger partial charge in [-0.25, -0.2) is 4.79 Å². The van der Waals surface area contributed by atoms with Gasteiger partial charge in [-0.3, -0.25) is 0 Å². The number of aliphatic carboxylic acids is 1. The molecule has 1 aliphatic heterocycles. The number of ether oxygens (including phenoxy) is 1. The minimum absolute atomic E-state index is 0. The number of carboxylic acids is 1. The van der Waals surface area contributed by atoms with Gasteiger partial charge in [0.25, 0.3) is 0 Å². The van der Waals surface area contributed by atoms with E-state index in [0.29, 0.717) is 0 Å². The zero-order chi connectivity index (χ0) is 8.77. The largest absolute Gasteiger partial charge is 0.479 e. The summed E-state index contributed by atoms with van der Waals surface area (Å²) in [5.41, 5.74) is -1.03. The van der Waals surface area contributed by atoms with Gasteiger partial charge in [0.15, 0.2) is 0 Å². The lowest BCUT2D eigenvalue weighted by Gasteiger charge is -2.02. The molecule has 0 amide bonds. The Morgan fingerprint density at radius 1 is 1.77 bits per heavy atom. The molecule has 2 unspecified atom stereocenters. The molecule has 0 aliphatic carbocycles. The summed E-state index contributed by atoms with van der Waals surface area (Å²) in [6.07, 6.45) is -0.200. The number of hydrogen-bond donors (Lipinski definition) is 1. The first kappa shape index (κ1) is 10.5. The predicted octanol–water partition coefficient (Wildman–Crippen LogP) is 1.87. The quantitative estimate of drug-likeness (QED) is 0.775. The average Bonchev–Trinajstić information content (AvgIpc) is 2.51. The van der Waals surface area contributed by atoms with Gasteiger partial charge >= 0.3 is 5.97 Å². The van der Waals surface area contributed by atoms with Crippen LogP contribution in [0.4, 0.5) is 0 Å². The molecular weight excluding hydrogens is 212 g/mol. The van der Waals surface area contributed by atoms with E-state index in [1.807, 2.05) is 11.4 Å².